The lowest BCUT2D eigenvalue weighted by atomic mass is 10.2. The van der Waals surface area contributed by atoms with Crippen LogP contribution in [0.15, 0.2) is 36.4 Å². The van der Waals surface area contributed by atoms with Crippen molar-refractivity contribution < 1.29 is 4.74 Å². The minimum atomic E-state index is 0.495. The summed E-state index contributed by atoms with van der Waals surface area (Å²) in [5.41, 5.74) is 3.24. The summed E-state index contributed by atoms with van der Waals surface area (Å²) in [5.74, 6) is 0.665. The van der Waals surface area contributed by atoms with Crippen LogP contribution in [0.3, 0.4) is 0 Å². The minimum Gasteiger partial charge on any atom is -0.473 e. The molecule has 1 aromatic carbocycles. The van der Waals surface area contributed by atoms with Gasteiger partial charge in [-0.3, -0.25) is 0 Å². The molecule has 0 radical (unpaired) electrons. The summed E-state index contributed by atoms with van der Waals surface area (Å²) >= 11 is 5.87. The summed E-state index contributed by atoms with van der Waals surface area (Å²) in [6.45, 7) is 6.50. The number of ether oxygens (including phenoxy) is 1. The summed E-state index contributed by atoms with van der Waals surface area (Å²) in [6, 6.07) is 11.7. The molecule has 4 heteroatoms. The predicted molar refractivity (Wildman–Crippen MR) is 86.8 cm³/mol. The maximum atomic E-state index is 5.87. The van der Waals surface area contributed by atoms with Gasteiger partial charge in [0, 0.05) is 23.3 Å². The number of hydrogen-bond donors (Lipinski definition) is 1. The van der Waals surface area contributed by atoms with E-state index in [2.05, 4.69) is 23.3 Å². The summed E-state index contributed by atoms with van der Waals surface area (Å²) in [7, 11) is 0. The lowest BCUT2D eigenvalue weighted by Gasteiger charge is -2.09. The van der Waals surface area contributed by atoms with Crippen molar-refractivity contribution in [2.75, 3.05) is 6.54 Å². The predicted octanol–water partition coefficient (Wildman–Crippen LogP) is 4.12. The number of nitrogens with one attached hydrogen (secondary N) is 1. The van der Waals surface area contributed by atoms with Crippen molar-refractivity contribution in [3.63, 3.8) is 0 Å². The van der Waals surface area contributed by atoms with Crippen molar-refractivity contribution in [3.8, 4) is 5.88 Å². The van der Waals surface area contributed by atoms with Crippen LogP contribution in [0.25, 0.3) is 0 Å². The van der Waals surface area contributed by atoms with Crippen LogP contribution < -0.4 is 10.1 Å². The van der Waals surface area contributed by atoms with E-state index in [0.717, 1.165) is 35.8 Å². The molecule has 2 aromatic rings. The first-order chi connectivity index (χ1) is 10.2. The standard InChI is InChI=1S/C17H21ClN2O/c1-3-8-19-11-15-9-13(2)20-17(10-15)21-12-14-4-6-16(18)7-5-14/h4-7,9-10,19H,3,8,11-12H2,1-2H3. The number of hydrogen-bond acceptors (Lipinski definition) is 3. The van der Waals surface area contributed by atoms with Gasteiger partial charge in [-0.05, 0) is 49.2 Å². The van der Waals surface area contributed by atoms with Crippen molar-refractivity contribution in [2.45, 2.75) is 33.4 Å². The molecular weight excluding hydrogens is 284 g/mol. The van der Waals surface area contributed by atoms with Gasteiger partial charge in [0.15, 0.2) is 0 Å². The maximum absolute atomic E-state index is 5.87. The summed E-state index contributed by atoms with van der Waals surface area (Å²) < 4.78 is 5.78. The van der Waals surface area contributed by atoms with Crippen molar-refractivity contribution in [3.05, 3.63) is 58.2 Å². The van der Waals surface area contributed by atoms with Gasteiger partial charge < -0.3 is 10.1 Å². The number of benzene rings is 1. The first kappa shape index (κ1) is 15.8. The smallest absolute Gasteiger partial charge is 0.214 e. The van der Waals surface area contributed by atoms with Crippen LogP contribution in [0.1, 0.15) is 30.2 Å². The SMILES string of the molecule is CCCNCc1cc(C)nc(OCc2ccc(Cl)cc2)c1. The van der Waals surface area contributed by atoms with E-state index in [-0.39, 0.29) is 0 Å². The van der Waals surface area contributed by atoms with Crippen molar-refractivity contribution in [1.82, 2.24) is 10.3 Å². The van der Waals surface area contributed by atoms with Gasteiger partial charge in [0.05, 0.1) is 0 Å². The number of aryl methyl sites for hydroxylation is 1. The lowest BCUT2D eigenvalue weighted by Crippen LogP contribution is -2.14. The van der Waals surface area contributed by atoms with Crippen LogP contribution in [-0.2, 0) is 13.2 Å². The zero-order valence-electron chi connectivity index (χ0n) is 12.5. The summed E-state index contributed by atoms with van der Waals surface area (Å²) in [4.78, 5) is 4.42. The highest BCUT2D eigenvalue weighted by atomic mass is 35.5. The fourth-order valence-corrected chi connectivity index (χ4v) is 2.16. The number of pyridine rings is 1. The average molecular weight is 305 g/mol. The van der Waals surface area contributed by atoms with Gasteiger partial charge in [-0.15, -0.1) is 0 Å². The molecule has 0 aliphatic carbocycles. The van der Waals surface area contributed by atoms with Gasteiger partial charge in [0.25, 0.3) is 0 Å². The Balaban J connectivity index is 1.97. The van der Waals surface area contributed by atoms with Crippen LogP contribution >= 0.6 is 11.6 Å². The number of halogens is 1. The van der Waals surface area contributed by atoms with Crippen molar-refractivity contribution >= 4 is 11.6 Å². The molecule has 21 heavy (non-hydrogen) atoms. The number of rotatable bonds is 7. The number of nitrogens with zero attached hydrogens (tertiary/aromatic N) is 1. The van der Waals surface area contributed by atoms with E-state index in [1.807, 2.05) is 37.3 Å². The third-order valence-electron chi connectivity index (χ3n) is 3.05. The molecule has 0 atom stereocenters. The monoisotopic (exact) mass is 304 g/mol. The Hall–Kier alpha value is -1.58. The van der Waals surface area contributed by atoms with Gasteiger partial charge in [-0.1, -0.05) is 30.7 Å². The van der Waals surface area contributed by atoms with Gasteiger partial charge in [0.1, 0.15) is 6.61 Å². The van der Waals surface area contributed by atoms with E-state index in [4.69, 9.17) is 16.3 Å². The zero-order chi connectivity index (χ0) is 15.1. The molecule has 0 unspecified atom stereocenters. The third-order valence-corrected chi connectivity index (χ3v) is 3.30. The molecule has 1 aromatic heterocycles. The molecule has 3 nitrogen and oxygen atoms in total. The molecule has 2 rings (SSSR count). The van der Waals surface area contributed by atoms with Crippen molar-refractivity contribution in [1.29, 1.82) is 0 Å². The largest absolute Gasteiger partial charge is 0.473 e. The molecular formula is C17H21ClN2O. The average Bonchev–Trinajstić information content (AvgIpc) is 2.46. The van der Waals surface area contributed by atoms with Crippen LogP contribution in [-0.4, -0.2) is 11.5 Å². The van der Waals surface area contributed by atoms with Crippen LogP contribution in [0.4, 0.5) is 0 Å². The van der Waals surface area contributed by atoms with Gasteiger partial charge in [-0.2, -0.15) is 0 Å². The van der Waals surface area contributed by atoms with E-state index in [0.29, 0.717) is 12.5 Å². The highest BCUT2D eigenvalue weighted by molar-refractivity contribution is 6.30. The summed E-state index contributed by atoms with van der Waals surface area (Å²) in [5, 5.41) is 4.12. The van der Waals surface area contributed by atoms with E-state index < -0.39 is 0 Å². The molecule has 0 fully saturated rings. The first-order valence-electron chi connectivity index (χ1n) is 7.23. The fraction of sp³-hybridized carbons (Fsp3) is 0.353. The highest BCUT2D eigenvalue weighted by Gasteiger charge is 2.02. The normalized spacial score (nSPS) is 10.6. The van der Waals surface area contributed by atoms with E-state index in [1.54, 1.807) is 0 Å². The molecule has 0 amide bonds. The molecule has 0 saturated heterocycles. The Morgan fingerprint density at radius 1 is 1.14 bits per heavy atom. The third kappa shape index (κ3) is 5.37. The second-order valence-corrected chi connectivity index (χ2v) is 5.48. The number of aromatic nitrogens is 1. The maximum Gasteiger partial charge on any atom is 0.214 e. The highest BCUT2D eigenvalue weighted by Crippen LogP contribution is 2.15. The van der Waals surface area contributed by atoms with Crippen LogP contribution in [0, 0.1) is 6.92 Å². The van der Waals surface area contributed by atoms with Gasteiger partial charge in [-0.25, -0.2) is 4.98 Å². The zero-order valence-corrected chi connectivity index (χ0v) is 13.3. The second kappa shape index (κ2) is 8.01. The van der Waals surface area contributed by atoms with E-state index >= 15 is 0 Å². The fourth-order valence-electron chi connectivity index (χ4n) is 2.03. The second-order valence-electron chi connectivity index (χ2n) is 5.05. The Kier molecular flexibility index (Phi) is 6.03. The summed E-state index contributed by atoms with van der Waals surface area (Å²) in [6.07, 6.45) is 1.13. The topological polar surface area (TPSA) is 34.2 Å². The van der Waals surface area contributed by atoms with Crippen molar-refractivity contribution in [2.24, 2.45) is 0 Å². The molecule has 0 spiro atoms. The Bertz CT molecular complexity index is 570. The molecule has 1 heterocycles. The minimum absolute atomic E-state index is 0.495. The molecule has 0 aliphatic heterocycles. The van der Waals surface area contributed by atoms with Crippen LogP contribution in [0.5, 0.6) is 5.88 Å². The van der Waals surface area contributed by atoms with Gasteiger partial charge in [0.2, 0.25) is 5.88 Å². The Morgan fingerprint density at radius 2 is 1.90 bits per heavy atom. The molecule has 0 bridgehead atoms. The molecule has 0 saturated carbocycles. The van der Waals surface area contributed by atoms with Gasteiger partial charge >= 0.3 is 0 Å². The molecule has 0 aliphatic rings. The molecule has 1 N–H and O–H groups in total. The quantitative estimate of drug-likeness (QED) is 0.781. The molecule has 112 valence electrons. The Labute approximate surface area is 131 Å². The first-order valence-corrected chi connectivity index (χ1v) is 7.60. The van der Waals surface area contributed by atoms with E-state index in [9.17, 15) is 0 Å². The lowest BCUT2D eigenvalue weighted by molar-refractivity contribution is 0.293. The Morgan fingerprint density at radius 3 is 2.62 bits per heavy atom. The van der Waals surface area contributed by atoms with E-state index in [1.165, 1.54) is 5.56 Å². The van der Waals surface area contributed by atoms with Crippen LogP contribution in [0.2, 0.25) is 5.02 Å².